The van der Waals surface area contributed by atoms with Crippen molar-refractivity contribution < 1.29 is 19.0 Å². The zero-order valence-electron chi connectivity index (χ0n) is 24.7. The van der Waals surface area contributed by atoms with Crippen LogP contribution in [0.15, 0.2) is 73.3 Å². The first kappa shape index (κ1) is 30.8. The van der Waals surface area contributed by atoms with Crippen molar-refractivity contribution in [2.45, 2.75) is 44.6 Å². The topological polar surface area (TPSA) is 125 Å². The van der Waals surface area contributed by atoms with Gasteiger partial charge in [0.2, 0.25) is 0 Å². The highest BCUT2D eigenvalue weighted by molar-refractivity contribution is 5.76. The number of hydrogen-bond acceptors (Lipinski definition) is 9. The van der Waals surface area contributed by atoms with Crippen molar-refractivity contribution >= 4 is 17.6 Å². The average molecular weight is 600 g/mol. The number of aliphatic carboxylic acids is 1. The third-order valence-electron chi connectivity index (χ3n) is 7.54. The van der Waals surface area contributed by atoms with Gasteiger partial charge in [-0.15, -0.1) is 0 Å². The van der Waals surface area contributed by atoms with Gasteiger partial charge < -0.3 is 20.5 Å². The van der Waals surface area contributed by atoms with Gasteiger partial charge in [0.15, 0.2) is 0 Å². The lowest BCUT2D eigenvalue weighted by Gasteiger charge is -2.24. The van der Waals surface area contributed by atoms with E-state index >= 15 is 0 Å². The first-order valence-electron chi connectivity index (χ1n) is 15.1. The molecule has 230 valence electrons. The maximum absolute atomic E-state index is 13.5. The van der Waals surface area contributed by atoms with Crippen LogP contribution >= 0.6 is 0 Å². The lowest BCUT2D eigenvalue weighted by Crippen LogP contribution is -2.37. The fourth-order valence-corrected chi connectivity index (χ4v) is 5.16. The van der Waals surface area contributed by atoms with Gasteiger partial charge in [0.25, 0.3) is 0 Å². The number of anilines is 2. The third kappa shape index (κ3) is 9.18. The van der Waals surface area contributed by atoms with E-state index in [-0.39, 0.29) is 0 Å². The van der Waals surface area contributed by atoms with E-state index in [9.17, 15) is 14.3 Å². The molecule has 44 heavy (non-hydrogen) atoms. The molecule has 4 aromatic rings. The maximum atomic E-state index is 13.5. The third-order valence-corrected chi connectivity index (χ3v) is 7.54. The number of benzene rings is 1. The lowest BCUT2D eigenvalue weighted by atomic mass is 10.1. The molecule has 11 heteroatoms. The minimum Gasteiger partial charge on any atom is -0.491 e. The Balaban J connectivity index is 1.15. The van der Waals surface area contributed by atoms with E-state index in [0.717, 1.165) is 68.5 Å². The molecule has 0 aliphatic carbocycles. The zero-order valence-corrected chi connectivity index (χ0v) is 24.7. The summed E-state index contributed by atoms with van der Waals surface area (Å²) in [6, 6.07) is 14.4. The fourth-order valence-electron chi connectivity index (χ4n) is 5.16. The zero-order chi connectivity index (χ0) is 30.6. The molecule has 5 rings (SSSR count). The van der Waals surface area contributed by atoms with E-state index in [0.29, 0.717) is 43.4 Å². The molecular weight excluding hydrogens is 561 g/mol. The number of aromatic nitrogens is 4. The summed E-state index contributed by atoms with van der Waals surface area (Å²) in [7, 11) is 0. The Bertz CT molecular complexity index is 1490. The number of carboxylic acid groups (broad SMARTS) is 1. The number of nitrogens with zero attached hydrogens (tertiary/aromatic N) is 5. The summed E-state index contributed by atoms with van der Waals surface area (Å²) in [5.74, 6) is 0.344. The van der Waals surface area contributed by atoms with Crippen LogP contribution in [0, 0.1) is 5.82 Å². The number of carboxylic acids is 1. The Morgan fingerprint density at radius 3 is 2.73 bits per heavy atom. The van der Waals surface area contributed by atoms with Gasteiger partial charge in [-0.2, -0.15) is 0 Å². The van der Waals surface area contributed by atoms with Gasteiger partial charge in [0, 0.05) is 37.0 Å². The number of fused-ring (bicyclic) bond motifs is 1. The normalized spacial score (nSPS) is 13.1. The predicted molar refractivity (Wildman–Crippen MR) is 167 cm³/mol. The largest absolute Gasteiger partial charge is 0.491 e. The predicted octanol–water partition coefficient (Wildman–Crippen LogP) is 5.09. The summed E-state index contributed by atoms with van der Waals surface area (Å²) in [6.45, 7) is 3.11. The molecule has 3 N–H and O–H groups in total. The number of nitrogens with one attached hydrogen (secondary N) is 2. The van der Waals surface area contributed by atoms with E-state index < -0.39 is 17.8 Å². The van der Waals surface area contributed by atoms with Crippen molar-refractivity contribution in [2.75, 3.05) is 43.4 Å². The number of rotatable bonds is 16. The summed E-state index contributed by atoms with van der Waals surface area (Å²) >= 11 is 0. The Hall–Kier alpha value is -4.64. The van der Waals surface area contributed by atoms with Crippen molar-refractivity contribution in [2.24, 2.45) is 0 Å². The van der Waals surface area contributed by atoms with Gasteiger partial charge in [-0.3, -0.25) is 14.9 Å². The highest BCUT2D eigenvalue weighted by Crippen LogP contribution is 2.21. The molecule has 0 saturated carbocycles. The maximum Gasteiger partial charge on any atom is 0.326 e. The Morgan fingerprint density at radius 1 is 1.05 bits per heavy atom. The van der Waals surface area contributed by atoms with E-state index in [4.69, 9.17) is 9.72 Å². The highest BCUT2D eigenvalue weighted by Gasteiger charge is 2.20. The molecular formula is C33H38FN7O3. The van der Waals surface area contributed by atoms with Crippen LogP contribution in [0.5, 0.6) is 5.75 Å². The van der Waals surface area contributed by atoms with Crippen LogP contribution in [-0.2, 0) is 17.6 Å². The number of unbranched alkanes of at least 4 members (excludes halogenated alkanes) is 1. The van der Waals surface area contributed by atoms with Crippen LogP contribution in [0.2, 0.25) is 0 Å². The molecule has 1 aliphatic heterocycles. The van der Waals surface area contributed by atoms with E-state index in [2.05, 4.69) is 42.6 Å². The number of pyridine rings is 2. The number of ether oxygens (including phenoxy) is 1. The number of carbonyl (C=O) groups is 1. The van der Waals surface area contributed by atoms with Gasteiger partial charge in [-0.1, -0.05) is 36.4 Å². The quantitative estimate of drug-likeness (QED) is 0.150. The summed E-state index contributed by atoms with van der Waals surface area (Å²) in [5, 5.41) is 16.4. The van der Waals surface area contributed by atoms with Gasteiger partial charge in [0.1, 0.15) is 35.9 Å². The number of aryl methyl sites for hydroxylation is 2. The van der Waals surface area contributed by atoms with Crippen molar-refractivity contribution in [1.29, 1.82) is 0 Å². The average Bonchev–Trinajstić information content (AvgIpc) is 3.05. The minimum absolute atomic E-state index is 0.320. The second-order valence-corrected chi connectivity index (χ2v) is 10.8. The number of halogens is 1. The molecule has 0 radical (unpaired) electrons. The SMILES string of the molecule is O=C(O)[C@H](CCN(CCCCc1ccc2c(n1)NCCC2)CCOc1cncc(F)c1)Nc1cnc(-c2ccccc2)cn1. The van der Waals surface area contributed by atoms with E-state index in [1.165, 1.54) is 17.8 Å². The molecule has 1 aliphatic rings. The second kappa shape index (κ2) is 15.7. The van der Waals surface area contributed by atoms with Crippen LogP contribution in [-0.4, -0.2) is 74.7 Å². The molecule has 0 amide bonds. The van der Waals surface area contributed by atoms with Crippen LogP contribution in [0.1, 0.15) is 36.9 Å². The van der Waals surface area contributed by atoms with Crippen molar-refractivity contribution in [3.05, 3.63) is 90.4 Å². The second-order valence-electron chi connectivity index (χ2n) is 10.8. The molecule has 0 saturated heterocycles. The van der Waals surface area contributed by atoms with Gasteiger partial charge in [-0.25, -0.2) is 19.2 Å². The molecule has 1 atom stereocenters. The van der Waals surface area contributed by atoms with E-state index in [1.807, 2.05) is 30.3 Å². The van der Waals surface area contributed by atoms with Crippen molar-refractivity contribution in [1.82, 2.24) is 24.8 Å². The van der Waals surface area contributed by atoms with E-state index in [1.54, 1.807) is 12.4 Å². The fraction of sp³-hybridized carbons (Fsp3) is 0.364. The van der Waals surface area contributed by atoms with Crippen LogP contribution < -0.4 is 15.4 Å². The molecule has 0 spiro atoms. The monoisotopic (exact) mass is 599 g/mol. The van der Waals surface area contributed by atoms with Gasteiger partial charge in [-0.05, 0) is 56.7 Å². The smallest absolute Gasteiger partial charge is 0.326 e. The van der Waals surface area contributed by atoms with Crippen LogP contribution in [0.4, 0.5) is 16.0 Å². The summed E-state index contributed by atoms with van der Waals surface area (Å²) < 4.78 is 19.3. The first-order valence-corrected chi connectivity index (χ1v) is 15.1. The minimum atomic E-state index is -0.965. The number of hydrogen-bond donors (Lipinski definition) is 3. The van der Waals surface area contributed by atoms with Crippen LogP contribution in [0.3, 0.4) is 0 Å². The Kier molecular flexibility index (Phi) is 11.0. The molecule has 4 heterocycles. The van der Waals surface area contributed by atoms with Crippen LogP contribution in [0.25, 0.3) is 11.3 Å². The Morgan fingerprint density at radius 2 is 1.93 bits per heavy atom. The standard InChI is InChI=1S/C33H38FN7O3/c34-26-19-28(21-35-20-26)44-18-17-41(15-5-4-10-27-12-11-25-9-6-14-36-32(25)39-27)16-13-29(33(42)43)40-31-23-37-30(22-38-31)24-7-2-1-3-8-24/h1-3,7-8,11-12,19-23,29H,4-6,9-10,13-18H2,(H,36,39)(H,38,40)(H,42,43)/t29-/m0/s1. The molecule has 0 bridgehead atoms. The van der Waals surface area contributed by atoms with Crippen molar-refractivity contribution in [3.63, 3.8) is 0 Å². The first-order chi connectivity index (χ1) is 21.5. The molecule has 3 aromatic heterocycles. The molecule has 0 fully saturated rings. The molecule has 0 unspecified atom stereocenters. The van der Waals surface area contributed by atoms with Crippen molar-refractivity contribution in [3.8, 4) is 17.0 Å². The summed E-state index contributed by atoms with van der Waals surface area (Å²) in [5.41, 5.74) is 4.00. The molecule has 10 nitrogen and oxygen atoms in total. The van der Waals surface area contributed by atoms with Gasteiger partial charge >= 0.3 is 5.97 Å². The Labute approximate surface area is 256 Å². The van der Waals surface area contributed by atoms with Gasteiger partial charge in [0.05, 0.1) is 30.5 Å². The summed E-state index contributed by atoms with van der Waals surface area (Å²) in [4.78, 5) is 31.8. The lowest BCUT2D eigenvalue weighted by molar-refractivity contribution is -0.138. The summed E-state index contributed by atoms with van der Waals surface area (Å²) in [6.07, 6.45) is 11.1. The molecule has 1 aromatic carbocycles. The highest BCUT2D eigenvalue weighted by atomic mass is 19.1.